The number of piperidine rings is 1. The second-order valence-electron chi connectivity index (χ2n) is 6.63. The number of carbonyl (C=O) groups excluding carboxylic acids is 1. The van der Waals surface area contributed by atoms with E-state index in [9.17, 15) is 4.79 Å². The molecule has 0 aromatic heterocycles. The van der Waals surface area contributed by atoms with E-state index in [1.807, 2.05) is 6.92 Å². The predicted octanol–water partition coefficient (Wildman–Crippen LogP) is 1.03. The van der Waals surface area contributed by atoms with Gasteiger partial charge in [-0.3, -0.25) is 9.69 Å². The van der Waals surface area contributed by atoms with Gasteiger partial charge in [-0.05, 0) is 51.0 Å². The number of likely N-dealkylation sites (tertiary alicyclic amines) is 1. The average Bonchev–Trinajstić information content (AvgIpc) is 3.22. The maximum Gasteiger partial charge on any atom is 0.249 e. The number of amides is 1. The first-order valence-corrected chi connectivity index (χ1v) is 8.49. The third-order valence-corrected chi connectivity index (χ3v) is 4.95. The molecule has 0 bridgehead atoms. The van der Waals surface area contributed by atoms with Gasteiger partial charge in [-0.25, -0.2) is 0 Å². The van der Waals surface area contributed by atoms with E-state index < -0.39 is 0 Å². The number of rotatable bonds is 7. The molecule has 3 atom stereocenters. The highest BCUT2D eigenvalue weighted by Crippen LogP contribution is 2.33. The third-order valence-electron chi connectivity index (χ3n) is 4.95. The number of ether oxygens (including phenoxy) is 2. The molecule has 21 heavy (non-hydrogen) atoms. The molecule has 0 aromatic carbocycles. The molecular weight excluding hydrogens is 268 g/mol. The molecule has 1 amide bonds. The predicted molar refractivity (Wildman–Crippen MR) is 80.1 cm³/mol. The molecule has 0 aromatic rings. The number of hydrogen-bond acceptors (Lipinski definition) is 4. The number of fused-ring (bicyclic) bond motifs is 1. The molecule has 1 N–H and O–H groups in total. The second kappa shape index (κ2) is 7.07. The normalized spacial score (nSPS) is 32.9. The Kier molecular flexibility index (Phi) is 5.14. The Bertz CT molecular complexity index is 359. The Labute approximate surface area is 127 Å². The summed E-state index contributed by atoms with van der Waals surface area (Å²) in [6.07, 6.45) is 4.60. The smallest absolute Gasteiger partial charge is 0.249 e. The van der Waals surface area contributed by atoms with Crippen molar-refractivity contribution in [2.24, 2.45) is 11.8 Å². The SMILES string of the molecule is CCOCCN1CC[C@H]2C[C@H](C(=O)NCC3CC3)O[C@H]2C1. The second-order valence-corrected chi connectivity index (χ2v) is 6.63. The lowest BCUT2D eigenvalue weighted by Gasteiger charge is -2.33. The molecule has 0 radical (unpaired) electrons. The molecule has 3 rings (SSSR count). The summed E-state index contributed by atoms with van der Waals surface area (Å²) in [5, 5.41) is 3.05. The minimum absolute atomic E-state index is 0.108. The van der Waals surface area contributed by atoms with Crippen LogP contribution in [0.15, 0.2) is 0 Å². The lowest BCUT2D eigenvalue weighted by Crippen LogP contribution is -2.43. The van der Waals surface area contributed by atoms with Crippen LogP contribution in [0.3, 0.4) is 0 Å². The van der Waals surface area contributed by atoms with Crippen molar-refractivity contribution in [3.8, 4) is 0 Å². The van der Waals surface area contributed by atoms with Gasteiger partial charge in [0.25, 0.3) is 0 Å². The van der Waals surface area contributed by atoms with E-state index in [2.05, 4.69) is 10.2 Å². The third kappa shape index (κ3) is 4.18. The van der Waals surface area contributed by atoms with Crippen LogP contribution in [0, 0.1) is 11.8 Å². The zero-order chi connectivity index (χ0) is 14.7. The van der Waals surface area contributed by atoms with Gasteiger partial charge in [-0.2, -0.15) is 0 Å². The zero-order valence-electron chi connectivity index (χ0n) is 13.1. The molecule has 0 spiro atoms. The van der Waals surface area contributed by atoms with Crippen LogP contribution in [0.25, 0.3) is 0 Å². The Morgan fingerprint density at radius 3 is 3.00 bits per heavy atom. The minimum atomic E-state index is -0.217. The molecule has 2 saturated heterocycles. The van der Waals surface area contributed by atoms with E-state index in [1.165, 1.54) is 12.8 Å². The Balaban J connectivity index is 1.41. The number of nitrogens with zero attached hydrogens (tertiary/aromatic N) is 1. The van der Waals surface area contributed by atoms with Crippen LogP contribution in [-0.2, 0) is 14.3 Å². The van der Waals surface area contributed by atoms with Crippen LogP contribution >= 0.6 is 0 Å². The Morgan fingerprint density at radius 2 is 2.24 bits per heavy atom. The summed E-state index contributed by atoms with van der Waals surface area (Å²) < 4.78 is 11.4. The fourth-order valence-corrected chi connectivity index (χ4v) is 3.39. The summed E-state index contributed by atoms with van der Waals surface area (Å²) in [6.45, 7) is 7.46. The highest BCUT2D eigenvalue weighted by molar-refractivity contribution is 5.81. The molecule has 3 fully saturated rings. The van der Waals surface area contributed by atoms with Crippen LogP contribution in [0.4, 0.5) is 0 Å². The van der Waals surface area contributed by atoms with Gasteiger partial charge in [0.1, 0.15) is 6.10 Å². The van der Waals surface area contributed by atoms with E-state index in [0.29, 0.717) is 5.92 Å². The van der Waals surface area contributed by atoms with Crippen molar-refractivity contribution in [3.63, 3.8) is 0 Å². The molecule has 1 saturated carbocycles. The average molecular weight is 296 g/mol. The van der Waals surface area contributed by atoms with Gasteiger partial charge in [0, 0.05) is 26.2 Å². The fourth-order valence-electron chi connectivity index (χ4n) is 3.39. The minimum Gasteiger partial charge on any atom is -0.380 e. The molecule has 1 aliphatic carbocycles. The van der Waals surface area contributed by atoms with Crippen LogP contribution in [0.1, 0.15) is 32.6 Å². The summed E-state index contributed by atoms with van der Waals surface area (Å²) in [5.41, 5.74) is 0. The van der Waals surface area contributed by atoms with E-state index in [4.69, 9.17) is 9.47 Å². The van der Waals surface area contributed by atoms with Gasteiger partial charge in [0.2, 0.25) is 5.91 Å². The van der Waals surface area contributed by atoms with Gasteiger partial charge in [-0.15, -0.1) is 0 Å². The first-order chi connectivity index (χ1) is 10.3. The van der Waals surface area contributed by atoms with E-state index in [-0.39, 0.29) is 18.1 Å². The molecular formula is C16H28N2O3. The van der Waals surface area contributed by atoms with Crippen LogP contribution in [0.5, 0.6) is 0 Å². The van der Waals surface area contributed by atoms with Crippen molar-refractivity contribution in [3.05, 3.63) is 0 Å². The summed E-state index contributed by atoms with van der Waals surface area (Å²) in [4.78, 5) is 14.5. The highest BCUT2D eigenvalue weighted by atomic mass is 16.5. The van der Waals surface area contributed by atoms with E-state index >= 15 is 0 Å². The van der Waals surface area contributed by atoms with Crippen molar-refractivity contribution in [2.75, 3.05) is 39.4 Å². The molecule has 2 aliphatic heterocycles. The zero-order valence-corrected chi connectivity index (χ0v) is 13.1. The Hall–Kier alpha value is -0.650. The van der Waals surface area contributed by atoms with E-state index in [1.54, 1.807) is 0 Å². The van der Waals surface area contributed by atoms with E-state index in [0.717, 1.165) is 58.2 Å². The van der Waals surface area contributed by atoms with Gasteiger partial charge < -0.3 is 14.8 Å². The van der Waals surface area contributed by atoms with Crippen LogP contribution in [-0.4, -0.2) is 62.4 Å². The number of carbonyl (C=O) groups is 1. The van der Waals surface area contributed by atoms with Crippen molar-refractivity contribution >= 4 is 5.91 Å². The van der Waals surface area contributed by atoms with Crippen LogP contribution < -0.4 is 5.32 Å². The molecule has 0 unspecified atom stereocenters. The first kappa shape index (κ1) is 15.3. The van der Waals surface area contributed by atoms with Gasteiger partial charge in [0.05, 0.1) is 12.7 Å². The van der Waals surface area contributed by atoms with Gasteiger partial charge in [-0.1, -0.05) is 0 Å². The quantitative estimate of drug-likeness (QED) is 0.713. The number of nitrogens with one attached hydrogen (secondary N) is 1. The summed E-state index contributed by atoms with van der Waals surface area (Å²) in [5.74, 6) is 1.40. The number of hydrogen-bond donors (Lipinski definition) is 1. The largest absolute Gasteiger partial charge is 0.380 e. The molecule has 5 heteroatoms. The highest BCUT2D eigenvalue weighted by Gasteiger charge is 2.41. The fraction of sp³-hybridized carbons (Fsp3) is 0.938. The lowest BCUT2D eigenvalue weighted by atomic mass is 9.91. The first-order valence-electron chi connectivity index (χ1n) is 8.49. The topological polar surface area (TPSA) is 50.8 Å². The van der Waals surface area contributed by atoms with Crippen LogP contribution in [0.2, 0.25) is 0 Å². The summed E-state index contributed by atoms with van der Waals surface area (Å²) >= 11 is 0. The van der Waals surface area contributed by atoms with Crippen molar-refractivity contribution in [1.29, 1.82) is 0 Å². The maximum atomic E-state index is 12.1. The van der Waals surface area contributed by atoms with Crippen molar-refractivity contribution in [1.82, 2.24) is 10.2 Å². The molecule has 120 valence electrons. The molecule has 3 aliphatic rings. The Morgan fingerprint density at radius 1 is 1.38 bits per heavy atom. The molecule has 5 nitrogen and oxygen atoms in total. The monoisotopic (exact) mass is 296 g/mol. The maximum absolute atomic E-state index is 12.1. The standard InChI is InChI=1S/C16H28N2O3/c1-2-20-8-7-18-6-5-13-9-14(21-15(13)11-18)16(19)17-10-12-3-4-12/h12-15H,2-11H2,1H3,(H,17,19)/t13-,14+,15-/m0/s1. The van der Waals surface area contributed by atoms with Crippen molar-refractivity contribution < 1.29 is 14.3 Å². The van der Waals surface area contributed by atoms with Gasteiger partial charge >= 0.3 is 0 Å². The lowest BCUT2D eigenvalue weighted by molar-refractivity contribution is -0.132. The van der Waals surface area contributed by atoms with Gasteiger partial charge in [0.15, 0.2) is 0 Å². The van der Waals surface area contributed by atoms with Crippen molar-refractivity contribution in [2.45, 2.75) is 44.8 Å². The molecule has 2 heterocycles. The summed E-state index contributed by atoms with van der Waals surface area (Å²) in [7, 11) is 0. The summed E-state index contributed by atoms with van der Waals surface area (Å²) in [6, 6.07) is 0.